The molecule has 7 nitrogen and oxygen atoms in total. The van der Waals surface area contributed by atoms with E-state index in [-0.39, 0.29) is 6.79 Å². The van der Waals surface area contributed by atoms with Crippen LogP contribution in [0.1, 0.15) is 16.7 Å². The summed E-state index contributed by atoms with van der Waals surface area (Å²) in [4.78, 5) is 8.36. The smallest absolute Gasteiger partial charge is 0.231 e. The highest BCUT2D eigenvalue weighted by molar-refractivity contribution is 5.79. The van der Waals surface area contributed by atoms with Crippen LogP contribution in [0.25, 0.3) is 0 Å². The third-order valence-corrected chi connectivity index (χ3v) is 4.53. The number of hydrogen-bond acceptors (Lipinski definition) is 4. The highest BCUT2D eigenvalue weighted by Gasteiger charge is 2.13. The van der Waals surface area contributed by atoms with Crippen molar-refractivity contribution in [2.24, 2.45) is 4.99 Å². The summed E-state index contributed by atoms with van der Waals surface area (Å²) in [6.07, 6.45) is 5.58. The number of guanidine groups is 1. The van der Waals surface area contributed by atoms with Gasteiger partial charge in [-0.15, -0.1) is 0 Å². The van der Waals surface area contributed by atoms with E-state index in [9.17, 15) is 0 Å². The van der Waals surface area contributed by atoms with Gasteiger partial charge < -0.3 is 24.7 Å². The Morgan fingerprint density at radius 1 is 1.00 bits per heavy atom. The molecular weight excluding hydrogens is 354 g/mol. The topological polar surface area (TPSA) is 72.7 Å². The summed E-state index contributed by atoms with van der Waals surface area (Å²) in [5, 5.41) is 6.66. The van der Waals surface area contributed by atoms with E-state index in [4.69, 9.17) is 9.47 Å². The second-order valence-corrected chi connectivity index (χ2v) is 6.52. The molecule has 144 valence electrons. The molecule has 28 heavy (non-hydrogen) atoms. The molecule has 0 radical (unpaired) electrons. The Balaban J connectivity index is 1.27. The predicted octanol–water partition coefficient (Wildman–Crippen LogP) is 2.53. The first-order chi connectivity index (χ1) is 13.8. The molecule has 0 fully saturated rings. The van der Waals surface area contributed by atoms with Crippen LogP contribution in [0.4, 0.5) is 0 Å². The molecule has 0 saturated carbocycles. The van der Waals surface area contributed by atoms with Gasteiger partial charge >= 0.3 is 0 Å². The van der Waals surface area contributed by atoms with E-state index in [0.717, 1.165) is 29.6 Å². The van der Waals surface area contributed by atoms with Crippen molar-refractivity contribution in [2.45, 2.75) is 19.6 Å². The molecule has 7 heteroatoms. The summed E-state index contributed by atoms with van der Waals surface area (Å²) in [5.74, 6) is 2.33. The van der Waals surface area contributed by atoms with Crippen LogP contribution in [0.2, 0.25) is 0 Å². The van der Waals surface area contributed by atoms with Crippen molar-refractivity contribution in [3.8, 4) is 11.5 Å². The minimum Gasteiger partial charge on any atom is -0.454 e. The van der Waals surface area contributed by atoms with E-state index in [1.807, 2.05) is 30.7 Å². The van der Waals surface area contributed by atoms with Crippen LogP contribution in [0.3, 0.4) is 0 Å². The van der Waals surface area contributed by atoms with Gasteiger partial charge in [-0.1, -0.05) is 30.3 Å². The first kappa shape index (κ1) is 17.9. The molecule has 3 aromatic rings. The molecule has 0 bridgehead atoms. The van der Waals surface area contributed by atoms with Crippen LogP contribution < -0.4 is 20.1 Å². The average Bonchev–Trinajstić information content (AvgIpc) is 3.40. The zero-order chi connectivity index (χ0) is 19.2. The monoisotopic (exact) mass is 377 g/mol. The van der Waals surface area contributed by atoms with Gasteiger partial charge in [0.05, 0.1) is 6.33 Å². The molecular formula is C21H23N5O2. The standard InChI is InChI=1S/C21H23N5O2/c1-22-21(25-12-18-6-7-19-20(10-18)28-15-27-19)24-11-16-2-4-17(5-3-16)13-26-9-8-23-14-26/h2-10,14H,11-13,15H2,1H3,(H2,22,24,25). The van der Waals surface area contributed by atoms with E-state index in [0.29, 0.717) is 13.1 Å². The van der Waals surface area contributed by atoms with E-state index in [1.54, 1.807) is 13.2 Å². The van der Waals surface area contributed by atoms with Crippen LogP contribution in [-0.2, 0) is 19.6 Å². The number of aromatic nitrogens is 2. The summed E-state index contributed by atoms with van der Waals surface area (Å²) in [7, 11) is 1.77. The van der Waals surface area contributed by atoms with Gasteiger partial charge in [0.1, 0.15) is 0 Å². The molecule has 0 aliphatic carbocycles. The lowest BCUT2D eigenvalue weighted by atomic mass is 10.1. The molecule has 0 unspecified atom stereocenters. The van der Waals surface area contributed by atoms with Crippen molar-refractivity contribution < 1.29 is 9.47 Å². The van der Waals surface area contributed by atoms with Crippen LogP contribution in [0.5, 0.6) is 11.5 Å². The fourth-order valence-electron chi connectivity index (χ4n) is 3.00. The summed E-state index contributed by atoms with van der Waals surface area (Å²) >= 11 is 0. The van der Waals surface area contributed by atoms with Gasteiger partial charge in [0.15, 0.2) is 17.5 Å². The Bertz CT molecular complexity index is 936. The maximum Gasteiger partial charge on any atom is 0.231 e. The van der Waals surface area contributed by atoms with E-state index >= 15 is 0 Å². The Morgan fingerprint density at radius 2 is 1.71 bits per heavy atom. The lowest BCUT2D eigenvalue weighted by molar-refractivity contribution is 0.174. The van der Waals surface area contributed by atoms with Gasteiger partial charge in [-0.25, -0.2) is 4.98 Å². The number of benzene rings is 2. The Labute approximate surface area is 164 Å². The second kappa shape index (κ2) is 8.47. The fourth-order valence-corrected chi connectivity index (χ4v) is 3.00. The predicted molar refractivity (Wildman–Crippen MR) is 107 cm³/mol. The summed E-state index contributed by atoms with van der Waals surface area (Å²) < 4.78 is 12.8. The zero-order valence-electron chi connectivity index (χ0n) is 15.8. The number of imidazole rings is 1. The molecule has 0 amide bonds. The van der Waals surface area contributed by atoms with E-state index in [1.165, 1.54) is 11.1 Å². The van der Waals surface area contributed by atoms with Crippen molar-refractivity contribution in [3.63, 3.8) is 0 Å². The molecule has 0 atom stereocenters. The van der Waals surface area contributed by atoms with Crippen molar-refractivity contribution in [1.82, 2.24) is 20.2 Å². The van der Waals surface area contributed by atoms with Crippen LogP contribution in [0.15, 0.2) is 66.2 Å². The lowest BCUT2D eigenvalue weighted by Crippen LogP contribution is -2.36. The zero-order valence-corrected chi connectivity index (χ0v) is 15.8. The summed E-state index contributed by atoms with van der Waals surface area (Å²) in [5.41, 5.74) is 3.54. The van der Waals surface area contributed by atoms with Crippen molar-refractivity contribution >= 4 is 5.96 Å². The number of nitrogens with one attached hydrogen (secondary N) is 2. The molecule has 2 heterocycles. The average molecular weight is 377 g/mol. The highest BCUT2D eigenvalue weighted by atomic mass is 16.7. The number of nitrogens with zero attached hydrogens (tertiary/aromatic N) is 3. The number of fused-ring (bicyclic) bond motifs is 1. The number of hydrogen-bond donors (Lipinski definition) is 2. The van der Waals surface area contributed by atoms with E-state index < -0.39 is 0 Å². The normalized spacial score (nSPS) is 12.8. The number of rotatable bonds is 6. The molecule has 2 N–H and O–H groups in total. The maximum atomic E-state index is 5.42. The third kappa shape index (κ3) is 4.43. The Kier molecular flexibility index (Phi) is 5.42. The van der Waals surface area contributed by atoms with Gasteiger partial charge in [0, 0.05) is 39.1 Å². The summed E-state index contributed by atoms with van der Waals surface area (Å²) in [6, 6.07) is 14.5. The minimum absolute atomic E-state index is 0.288. The quantitative estimate of drug-likeness (QED) is 0.510. The van der Waals surface area contributed by atoms with Crippen LogP contribution in [-0.4, -0.2) is 29.4 Å². The van der Waals surface area contributed by atoms with Crippen LogP contribution >= 0.6 is 0 Å². The van der Waals surface area contributed by atoms with Crippen LogP contribution in [0, 0.1) is 0 Å². The number of ether oxygens (including phenoxy) is 2. The van der Waals surface area contributed by atoms with Gasteiger partial charge in [0.25, 0.3) is 0 Å². The molecule has 0 spiro atoms. The molecule has 4 rings (SSSR count). The second-order valence-electron chi connectivity index (χ2n) is 6.52. The fraction of sp³-hybridized carbons (Fsp3) is 0.238. The van der Waals surface area contributed by atoms with Crippen molar-refractivity contribution in [2.75, 3.05) is 13.8 Å². The van der Waals surface area contributed by atoms with Crippen molar-refractivity contribution in [1.29, 1.82) is 0 Å². The number of aliphatic imine (C=N–C) groups is 1. The Morgan fingerprint density at radius 3 is 2.46 bits per heavy atom. The molecule has 1 aromatic heterocycles. The highest BCUT2D eigenvalue weighted by Crippen LogP contribution is 2.32. The summed E-state index contributed by atoms with van der Waals surface area (Å²) in [6.45, 7) is 2.47. The first-order valence-corrected chi connectivity index (χ1v) is 9.17. The van der Waals surface area contributed by atoms with Gasteiger partial charge in [-0.3, -0.25) is 4.99 Å². The Hall–Kier alpha value is -3.48. The minimum atomic E-state index is 0.288. The molecule has 1 aliphatic heterocycles. The maximum absolute atomic E-state index is 5.42. The molecule has 0 saturated heterocycles. The van der Waals surface area contributed by atoms with E-state index in [2.05, 4.69) is 49.4 Å². The van der Waals surface area contributed by atoms with Gasteiger partial charge in [-0.05, 0) is 28.8 Å². The first-order valence-electron chi connectivity index (χ1n) is 9.17. The lowest BCUT2D eigenvalue weighted by Gasteiger charge is -2.13. The molecule has 1 aliphatic rings. The third-order valence-electron chi connectivity index (χ3n) is 4.53. The largest absolute Gasteiger partial charge is 0.454 e. The SMILES string of the molecule is CN=C(NCc1ccc(Cn2ccnc2)cc1)NCc1ccc2c(c1)OCO2. The van der Waals surface area contributed by atoms with Crippen molar-refractivity contribution in [3.05, 3.63) is 77.9 Å². The molecule has 2 aromatic carbocycles. The van der Waals surface area contributed by atoms with Gasteiger partial charge in [-0.2, -0.15) is 0 Å². The van der Waals surface area contributed by atoms with Gasteiger partial charge in [0.2, 0.25) is 6.79 Å².